The predicted molar refractivity (Wildman–Crippen MR) is 81.1 cm³/mol. The number of rotatable bonds is 2. The molecule has 0 fully saturated rings. The lowest BCUT2D eigenvalue weighted by molar-refractivity contribution is 0.573. The van der Waals surface area contributed by atoms with Crippen LogP contribution in [0.25, 0.3) is 19.4 Å². The Kier molecular flexibility index (Phi) is 4.25. The average molecular weight is 296 g/mol. The van der Waals surface area contributed by atoms with Crippen LogP contribution in [0.4, 0.5) is 11.4 Å². The minimum absolute atomic E-state index is 0.169. The highest BCUT2D eigenvalue weighted by Crippen LogP contribution is 2.50. The molecule has 0 aliphatic heterocycles. The van der Waals surface area contributed by atoms with Gasteiger partial charge in [-0.05, 0) is 17.5 Å². The molecule has 106 valence electrons. The van der Waals surface area contributed by atoms with E-state index in [-0.39, 0.29) is 11.4 Å². The highest BCUT2D eigenvalue weighted by Gasteiger charge is 2.45. The molecule has 2 rings (SSSR count). The number of benzene rings is 1. The van der Waals surface area contributed by atoms with E-state index in [2.05, 4.69) is 19.4 Å². The predicted octanol–water partition coefficient (Wildman–Crippen LogP) is 3.98. The minimum atomic E-state index is -0.929. The summed E-state index contributed by atoms with van der Waals surface area (Å²) in [7, 11) is 0. The summed E-state index contributed by atoms with van der Waals surface area (Å²) < 4.78 is 0. The number of fused-ring (bicyclic) bond motifs is 1. The number of hydrogen-bond acceptors (Lipinski definition) is 2. The Bertz CT molecular complexity index is 801. The SMILES string of the molecule is [C-]#[N+]c1cc2c(cc1[N+]#[C-])C(C(C#N)[N+]#[C-])CC2C(C#N)[N+]#[C-]. The van der Waals surface area contributed by atoms with Crippen LogP contribution in [0, 0.1) is 49.0 Å². The van der Waals surface area contributed by atoms with Crippen LogP contribution in [0.5, 0.6) is 0 Å². The van der Waals surface area contributed by atoms with Crippen molar-refractivity contribution in [2.45, 2.75) is 30.3 Å². The molecule has 23 heavy (non-hydrogen) atoms. The Morgan fingerprint density at radius 1 is 0.870 bits per heavy atom. The van der Waals surface area contributed by atoms with Gasteiger partial charge in [0.2, 0.25) is 0 Å². The van der Waals surface area contributed by atoms with Crippen molar-refractivity contribution in [1.82, 2.24) is 0 Å². The van der Waals surface area contributed by atoms with Gasteiger partial charge in [-0.15, -0.1) is 0 Å². The second-order valence-corrected chi connectivity index (χ2v) is 5.05. The molecule has 1 aromatic rings. The lowest BCUT2D eigenvalue weighted by atomic mass is 9.92. The maximum Gasteiger partial charge on any atom is 0.313 e. The van der Waals surface area contributed by atoms with E-state index in [0.717, 1.165) is 0 Å². The van der Waals surface area contributed by atoms with Crippen molar-refractivity contribution < 1.29 is 0 Å². The topological polar surface area (TPSA) is 65.0 Å². The first-order valence-corrected chi connectivity index (χ1v) is 6.60. The van der Waals surface area contributed by atoms with E-state index >= 15 is 0 Å². The zero-order chi connectivity index (χ0) is 17.0. The fraction of sp³-hybridized carbons (Fsp3) is 0.294. The molecule has 4 unspecified atom stereocenters. The molecule has 1 aliphatic carbocycles. The quantitative estimate of drug-likeness (QED) is 0.775. The first kappa shape index (κ1) is 15.5. The van der Waals surface area contributed by atoms with Gasteiger partial charge in [-0.3, -0.25) is 19.4 Å². The van der Waals surface area contributed by atoms with Crippen LogP contribution < -0.4 is 0 Å². The lowest BCUT2D eigenvalue weighted by Gasteiger charge is -2.09. The fourth-order valence-corrected chi connectivity index (χ4v) is 2.97. The van der Waals surface area contributed by atoms with Crippen LogP contribution in [0.15, 0.2) is 12.1 Å². The number of nitriles is 2. The molecule has 0 N–H and O–H groups in total. The molecule has 0 aromatic heterocycles. The van der Waals surface area contributed by atoms with Gasteiger partial charge in [0.25, 0.3) is 0 Å². The van der Waals surface area contributed by atoms with Crippen LogP contribution in [0.1, 0.15) is 29.4 Å². The molecular formula is C17H8N6. The largest absolute Gasteiger partial charge is 0.313 e. The maximum absolute atomic E-state index is 9.18. The third kappa shape index (κ3) is 2.43. The van der Waals surface area contributed by atoms with E-state index < -0.39 is 23.9 Å². The summed E-state index contributed by atoms with van der Waals surface area (Å²) in [5.74, 6) is -0.897. The molecule has 0 saturated heterocycles. The van der Waals surface area contributed by atoms with Gasteiger partial charge in [-0.2, -0.15) is 10.5 Å². The van der Waals surface area contributed by atoms with Crippen LogP contribution in [0.3, 0.4) is 0 Å². The van der Waals surface area contributed by atoms with E-state index in [9.17, 15) is 10.5 Å². The third-order valence-corrected chi connectivity index (χ3v) is 4.03. The summed E-state index contributed by atoms with van der Waals surface area (Å²) in [6.07, 6.45) is 0.329. The van der Waals surface area contributed by atoms with Crippen molar-refractivity contribution in [3.05, 3.63) is 68.9 Å². The van der Waals surface area contributed by atoms with Gasteiger partial charge in [-0.25, -0.2) is 13.1 Å². The van der Waals surface area contributed by atoms with Gasteiger partial charge in [0.05, 0.1) is 25.0 Å². The molecule has 0 amide bonds. The molecule has 6 nitrogen and oxygen atoms in total. The fourth-order valence-electron chi connectivity index (χ4n) is 2.97. The Hall–Kier alpha value is -3.84. The van der Waals surface area contributed by atoms with Gasteiger partial charge >= 0.3 is 12.1 Å². The monoisotopic (exact) mass is 296 g/mol. The van der Waals surface area contributed by atoms with Crippen molar-refractivity contribution >= 4 is 11.4 Å². The Morgan fingerprint density at radius 2 is 1.26 bits per heavy atom. The van der Waals surface area contributed by atoms with Gasteiger partial charge in [0.15, 0.2) is 23.5 Å². The number of hydrogen-bond donors (Lipinski definition) is 0. The normalized spacial score (nSPS) is 20.3. The van der Waals surface area contributed by atoms with Gasteiger partial charge in [-0.1, -0.05) is 12.1 Å². The van der Waals surface area contributed by atoms with E-state index in [1.54, 1.807) is 0 Å². The number of nitrogens with zero attached hydrogens (tertiary/aromatic N) is 6. The highest BCUT2D eigenvalue weighted by atomic mass is 14.8. The van der Waals surface area contributed by atoms with E-state index in [0.29, 0.717) is 17.5 Å². The second kappa shape index (κ2) is 6.29. The lowest BCUT2D eigenvalue weighted by Crippen LogP contribution is -2.13. The van der Waals surface area contributed by atoms with E-state index in [1.807, 2.05) is 12.1 Å². The minimum Gasteiger partial charge on any atom is -0.297 e. The van der Waals surface area contributed by atoms with E-state index in [4.69, 9.17) is 26.3 Å². The van der Waals surface area contributed by atoms with Crippen molar-refractivity contribution in [3.8, 4) is 12.1 Å². The van der Waals surface area contributed by atoms with Gasteiger partial charge in [0.1, 0.15) is 0 Å². The second-order valence-electron chi connectivity index (χ2n) is 5.05. The molecule has 0 radical (unpaired) electrons. The Morgan fingerprint density at radius 3 is 1.52 bits per heavy atom. The molecule has 0 heterocycles. The Balaban J connectivity index is 2.70. The van der Waals surface area contributed by atoms with Gasteiger partial charge in [0, 0.05) is 0 Å². The van der Waals surface area contributed by atoms with Crippen molar-refractivity contribution in [2.24, 2.45) is 0 Å². The standard InChI is InChI=1S/C17H8N6/c1-20-14-6-10-11(7-15(14)21-2)13(17(9-19)23-4)5-12(10)16(8-18)22-3/h6-7,12-13,16-17H,5H2. The first-order chi connectivity index (χ1) is 11.1. The zero-order valence-corrected chi connectivity index (χ0v) is 11.9. The van der Waals surface area contributed by atoms with Crippen molar-refractivity contribution in [3.63, 3.8) is 0 Å². The van der Waals surface area contributed by atoms with Crippen LogP contribution in [0.2, 0.25) is 0 Å². The molecule has 0 bridgehead atoms. The summed E-state index contributed by atoms with van der Waals surface area (Å²) in [6, 6.07) is 5.10. The Labute approximate surface area is 134 Å². The average Bonchev–Trinajstić information content (AvgIpc) is 2.94. The van der Waals surface area contributed by atoms with E-state index in [1.165, 1.54) is 12.1 Å². The molecule has 6 heteroatoms. The summed E-state index contributed by atoms with van der Waals surface area (Å²) in [5.41, 5.74) is 1.62. The van der Waals surface area contributed by atoms with Crippen LogP contribution in [-0.4, -0.2) is 12.1 Å². The molecule has 4 atom stereocenters. The molecule has 1 aromatic carbocycles. The highest BCUT2D eigenvalue weighted by molar-refractivity contribution is 5.74. The van der Waals surface area contributed by atoms with Crippen LogP contribution in [-0.2, 0) is 0 Å². The molecule has 0 saturated carbocycles. The van der Waals surface area contributed by atoms with Crippen LogP contribution >= 0.6 is 0 Å². The summed E-state index contributed by atoms with van der Waals surface area (Å²) in [6.45, 7) is 28.7. The first-order valence-electron chi connectivity index (χ1n) is 6.60. The van der Waals surface area contributed by atoms with Gasteiger partial charge < -0.3 is 0 Å². The maximum atomic E-state index is 9.18. The summed E-state index contributed by atoms with van der Waals surface area (Å²) in [4.78, 5) is 13.3. The summed E-state index contributed by atoms with van der Waals surface area (Å²) >= 11 is 0. The molecular weight excluding hydrogens is 288 g/mol. The molecule has 0 spiro atoms. The molecule has 1 aliphatic rings. The smallest absolute Gasteiger partial charge is 0.297 e. The van der Waals surface area contributed by atoms with Crippen molar-refractivity contribution in [2.75, 3.05) is 0 Å². The third-order valence-electron chi connectivity index (χ3n) is 4.03. The van der Waals surface area contributed by atoms with Crippen molar-refractivity contribution in [1.29, 1.82) is 10.5 Å². The summed E-state index contributed by atoms with van der Waals surface area (Å²) in [5, 5.41) is 18.4. The zero-order valence-electron chi connectivity index (χ0n) is 11.9.